The van der Waals surface area contributed by atoms with E-state index in [4.69, 9.17) is 16.9 Å². The average Bonchev–Trinajstić information content (AvgIpc) is 2.35. The molecule has 7 nitrogen and oxygen atoms in total. The van der Waals surface area contributed by atoms with Gasteiger partial charge in [-0.25, -0.2) is 4.98 Å². The van der Waals surface area contributed by atoms with Gasteiger partial charge in [-0.3, -0.25) is 14.9 Å². The van der Waals surface area contributed by atoms with E-state index < -0.39 is 10.8 Å². The van der Waals surface area contributed by atoms with Crippen LogP contribution in [0.2, 0.25) is 5.15 Å². The van der Waals surface area contributed by atoms with Gasteiger partial charge < -0.3 is 4.90 Å². The number of hydrogen-bond acceptors (Lipinski definition) is 5. The highest BCUT2D eigenvalue weighted by Gasteiger charge is 2.21. The Morgan fingerprint density at radius 1 is 1.72 bits per heavy atom. The number of halogens is 1. The molecule has 0 bridgehead atoms. The standard InChI is InChI=1S/C10H9ClN4O3/c1-2-14(4-3-12)10(16)8-5-7(15(17)18)6-13-9(8)11/h5-6H,2,4H2,1H3. The van der Waals surface area contributed by atoms with Gasteiger partial charge in [-0.05, 0) is 6.92 Å². The van der Waals surface area contributed by atoms with Crippen LogP contribution >= 0.6 is 11.6 Å². The highest BCUT2D eigenvalue weighted by Crippen LogP contribution is 2.20. The Balaban J connectivity index is 3.15. The molecule has 1 amide bonds. The third-order valence-electron chi connectivity index (χ3n) is 2.20. The van der Waals surface area contributed by atoms with E-state index in [1.807, 2.05) is 6.07 Å². The predicted octanol–water partition coefficient (Wildman–Crippen LogP) is 1.63. The van der Waals surface area contributed by atoms with Gasteiger partial charge in [0, 0.05) is 12.6 Å². The molecule has 0 saturated heterocycles. The van der Waals surface area contributed by atoms with Crippen molar-refractivity contribution in [2.75, 3.05) is 13.1 Å². The molecular weight excluding hydrogens is 260 g/mol. The summed E-state index contributed by atoms with van der Waals surface area (Å²) in [6.07, 6.45) is 0.972. The molecule has 0 unspecified atom stereocenters. The molecule has 8 heteroatoms. The SMILES string of the molecule is CCN(CC#N)C(=O)c1cc([N+](=O)[O-])cnc1Cl. The number of rotatable bonds is 4. The van der Waals surface area contributed by atoms with Crippen molar-refractivity contribution in [2.45, 2.75) is 6.92 Å². The summed E-state index contributed by atoms with van der Waals surface area (Å²) in [5, 5.41) is 19.0. The lowest BCUT2D eigenvalue weighted by Gasteiger charge is -2.17. The summed E-state index contributed by atoms with van der Waals surface area (Å²) in [7, 11) is 0. The third kappa shape index (κ3) is 2.93. The number of carbonyl (C=O) groups excluding carboxylic acids is 1. The zero-order valence-electron chi connectivity index (χ0n) is 9.46. The fourth-order valence-electron chi connectivity index (χ4n) is 1.27. The van der Waals surface area contributed by atoms with Gasteiger partial charge in [0.25, 0.3) is 11.6 Å². The first kappa shape index (κ1) is 13.9. The number of amides is 1. The first-order chi connectivity index (χ1) is 8.51. The van der Waals surface area contributed by atoms with E-state index in [-0.39, 0.29) is 22.9 Å². The van der Waals surface area contributed by atoms with Crippen LogP contribution in [0.5, 0.6) is 0 Å². The van der Waals surface area contributed by atoms with Crippen LogP contribution in [0.15, 0.2) is 12.3 Å². The Morgan fingerprint density at radius 3 is 2.89 bits per heavy atom. The van der Waals surface area contributed by atoms with Gasteiger partial charge in [-0.2, -0.15) is 5.26 Å². The van der Waals surface area contributed by atoms with Crippen molar-refractivity contribution in [3.05, 3.63) is 33.1 Å². The largest absolute Gasteiger partial charge is 0.325 e. The quantitative estimate of drug-likeness (QED) is 0.357. The minimum absolute atomic E-state index is 0.0806. The first-order valence-electron chi connectivity index (χ1n) is 4.97. The summed E-state index contributed by atoms with van der Waals surface area (Å²) in [5.74, 6) is -0.555. The van der Waals surface area contributed by atoms with E-state index in [0.29, 0.717) is 6.54 Å². The maximum absolute atomic E-state index is 12.0. The third-order valence-corrected chi connectivity index (χ3v) is 2.50. The first-order valence-corrected chi connectivity index (χ1v) is 5.35. The van der Waals surface area contributed by atoms with Crippen LogP contribution in [0.4, 0.5) is 5.69 Å². The molecule has 0 saturated carbocycles. The van der Waals surface area contributed by atoms with Crippen molar-refractivity contribution in [2.24, 2.45) is 0 Å². The van der Waals surface area contributed by atoms with Crippen molar-refractivity contribution in [1.82, 2.24) is 9.88 Å². The van der Waals surface area contributed by atoms with Crippen LogP contribution < -0.4 is 0 Å². The normalized spacial score (nSPS) is 9.61. The Labute approximate surface area is 108 Å². The molecule has 1 aromatic heterocycles. The Hall–Kier alpha value is -2.20. The van der Waals surface area contributed by atoms with Crippen LogP contribution in [0.1, 0.15) is 17.3 Å². The predicted molar refractivity (Wildman–Crippen MR) is 63.1 cm³/mol. The number of nitriles is 1. The average molecular weight is 269 g/mol. The molecule has 1 rings (SSSR count). The molecule has 0 aliphatic rings. The second-order valence-electron chi connectivity index (χ2n) is 3.27. The summed E-state index contributed by atoms with van der Waals surface area (Å²) in [4.78, 5) is 26.7. The minimum atomic E-state index is -0.666. The van der Waals surface area contributed by atoms with Gasteiger partial charge in [-0.15, -0.1) is 0 Å². The summed E-state index contributed by atoms with van der Waals surface area (Å²) in [5.41, 5.74) is -0.404. The molecule has 0 spiro atoms. The number of nitrogens with zero attached hydrogens (tertiary/aromatic N) is 4. The van der Waals surface area contributed by atoms with Crippen LogP contribution in [0.3, 0.4) is 0 Å². The van der Waals surface area contributed by atoms with Crippen molar-refractivity contribution < 1.29 is 9.72 Å². The van der Waals surface area contributed by atoms with Gasteiger partial charge in [0.15, 0.2) is 0 Å². The van der Waals surface area contributed by atoms with E-state index in [2.05, 4.69) is 4.98 Å². The smallest absolute Gasteiger partial charge is 0.288 e. The molecular formula is C10H9ClN4O3. The Kier molecular flexibility index (Phi) is 4.57. The Morgan fingerprint density at radius 2 is 2.39 bits per heavy atom. The minimum Gasteiger partial charge on any atom is -0.325 e. The topological polar surface area (TPSA) is 100 Å². The fraction of sp³-hybridized carbons (Fsp3) is 0.300. The summed E-state index contributed by atoms with van der Waals surface area (Å²) in [6.45, 7) is 1.87. The molecule has 18 heavy (non-hydrogen) atoms. The zero-order valence-corrected chi connectivity index (χ0v) is 10.2. The monoisotopic (exact) mass is 268 g/mol. The zero-order chi connectivity index (χ0) is 13.7. The maximum Gasteiger partial charge on any atom is 0.288 e. The van der Waals surface area contributed by atoms with Crippen LogP contribution in [-0.4, -0.2) is 33.8 Å². The number of nitro groups is 1. The molecule has 1 heterocycles. The van der Waals surface area contributed by atoms with Crippen molar-refractivity contribution in [3.8, 4) is 6.07 Å². The van der Waals surface area contributed by atoms with Crippen LogP contribution in [0, 0.1) is 21.4 Å². The molecule has 0 radical (unpaired) electrons. The van der Waals surface area contributed by atoms with Gasteiger partial charge >= 0.3 is 0 Å². The number of carbonyl (C=O) groups is 1. The molecule has 94 valence electrons. The molecule has 0 aromatic carbocycles. The van der Waals surface area contributed by atoms with E-state index in [0.717, 1.165) is 12.3 Å². The highest BCUT2D eigenvalue weighted by atomic mass is 35.5. The second-order valence-corrected chi connectivity index (χ2v) is 3.62. The number of aromatic nitrogens is 1. The lowest BCUT2D eigenvalue weighted by atomic mass is 10.2. The lowest BCUT2D eigenvalue weighted by Crippen LogP contribution is -2.31. The number of pyridine rings is 1. The van der Waals surface area contributed by atoms with Gasteiger partial charge in [0.2, 0.25) is 0 Å². The Bertz CT molecular complexity index is 526. The van der Waals surface area contributed by atoms with Gasteiger partial charge in [0.05, 0.1) is 16.6 Å². The van der Waals surface area contributed by atoms with Crippen molar-refractivity contribution in [1.29, 1.82) is 5.26 Å². The molecule has 0 N–H and O–H groups in total. The summed E-state index contributed by atoms with van der Waals surface area (Å²) in [6, 6.07) is 2.89. The summed E-state index contributed by atoms with van der Waals surface area (Å²) >= 11 is 5.73. The van der Waals surface area contributed by atoms with Crippen LogP contribution in [-0.2, 0) is 0 Å². The summed E-state index contributed by atoms with van der Waals surface area (Å²) < 4.78 is 0. The van der Waals surface area contributed by atoms with E-state index in [1.165, 1.54) is 4.90 Å². The van der Waals surface area contributed by atoms with Crippen molar-refractivity contribution in [3.63, 3.8) is 0 Å². The van der Waals surface area contributed by atoms with E-state index in [9.17, 15) is 14.9 Å². The fourth-order valence-corrected chi connectivity index (χ4v) is 1.45. The lowest BCUT2D eigenvalue weighted by molar-refractivity contribution is -0.385. The van der Waals surface area contributed by atoms with Crippen LogP contribution in [0.25, 0.3) is 0 Å². The van der Waals surface area contributed by atoms with E-state index in [1.54, 1.807) is 6.92 Å². The molecule has 0 atom stereocenters. The highest BCUT2D eigenvalue weighted by molar-refractivity contribution is 6.32. The molecule has 0 fully saturated rings. The maximum atomic E-state index is 12.0. The van der Waals surface area contributed by atoms with Gasteiger partial charge in [0.1, 0.15) is 17.9 Å². The molecule has 0 aliphatic heterocycles. The van der Waals surface area contributed by atoms with E-state index >= 15 is 0 Å². The molecule has 1 aromatic rings. The molecule has 0 aliphatic carbocycles. The van der Waals surface area contributed by atoms with Gasteiger partial charge in [-0.1, -0.05) is 11.6 Å². The number of hydrogen-bond donors (Lipinski definition) is 0. The second kappa shape index (κ2) is 5.93. The van der Waals surface area contributed by atoms with Crippen molar-refractivity contribution >= 4 is 23.2 Å².